The Labute approximate surface area is 190 Å². The van der Waals surface area contributed by atoms with Crippen LogP contribution in [0, 0.1) is 5.92 Å². The second kappa shape index (κ2) is 10.2. The molecule has 6 nitrogen and oxygen atoms in total. The van der Waals surface area contributed by atoms with Gasteiger partial charge in [0.2, 0.25) is 5.91 Å². The number of anilines is 1. The van der Waals surface area contributed by atoms with Crippen LogP contribution in [0.15, 0.2) is 24.3 Å². The molecule has 1 spiro atoms. The highest BCUT2D eigenvalue weighted by atomic mass is 32.2. The van der Waals surface area contributed by atoms with Crippen LogP contribution < -0.4 is 10.1 Å². The van der Waals surface area contributed by atoms with Crippen LogP contribution in [0.3, 0.4) is 0 Å². The summed E-state index contributed by atoms with van der Waals surface area (Å²) >= 11 is 1.92. The number of urea groups is 1. The zero-order chi connectivity index (χ0) is 21.7. The van der Waals surface area contributed by atoms with Gasteiger partial charge in [0.1, 0.15) is 5.75 Å². The number of hydrogen-bond acceptors (Lipinski definition) is 4. The molecule has 0 radical (unpaired) electrons. The van der Waals surface area contributed by atoms with Crippen molar-refractivity contribution in [3.8, 4) is 5.75 Å². The summed E-state index contributed by atoms with van der Waals surface area (Å²) in [6, 6.07) is 7.40. The molecule has 0 unspecified atom stereocenters. The second-order valence-corrected chi connectivity index (χ2v) is 10.4. The minimum atomic E-state index is -0.108. The zero-order valence-electron chi connectivity index (χ0n) is 18.6. The molecule has 1 saturated carbocycles. The fourth-order valence-corrected chi connectivity index (χ4v) is 6.67. The van der Waals surface area contributed by atoms with Crippen molar-refractivity contribution in [1.29, 1.82) is 0 Å². The third-order valence-corrected chi connectivity index (χ3v) is 8.52. The van der Waals surface area contributed by atoms with Gasteiger partial charge in [-0.05, 0) is 56.4 Å². The van der Waals surface area contributed by atoms with E-state index in [0.717, 1.165) is 48.9 Å². The van der Waals surface area contributed by atoms with Crippen LogP contribution in [-0.4, -0.2) is 58.6 Å². The molecule has 170 valence electrons. The second-order valence-electron chi connectivity index (χ2n) is 8.90. The predicted molar refractivity (Wildman–Crippen MR) is 126 cm³/mol. The van der Waals surface area contributed by atoms with Gasteiger partial charge in [-0.3, -0.25) is 4.79 Å². The fraction of sp³-hybridized carbons (Fsp3) is 0.667. The molecular weight excluding hydrogens is 410 g/mol. The molecule has 1 aromatic rings. The molecule has 0 aromatic heterocycles. The smallest absolute Gasteiger partial charge is 0.321 e. The Kier molecular flexibility index (Phi) is 7.31. The monoisotopic (exact) mass is 445 g/mol. The van der Waals surface area contributed by atoms with E-state index >= 15 is 0 Å². The minimum absolute atomic E-state index is 0.0684. The van der Waals surface area contributed by atoms with Gasteiger partial charge in [-0.1, -0.05) is 25.7 Å². The standard InChI is InChI=1S/C24H35N3O3S/c1-2-30-21-10-8-20(9-11-21)25-23(29)26-15-13-24(14-16-26)27(17-18-31-24)22(28)12-7-19-5-3-4-6-19/h8-11,19H,2-7,12-18H2,1H3,(H,25,29). The minimum Gasteiger partial charge on any atom is -0.494 e. The Bertz CT molecular complexity index is 756. The molecule has 1 aliphatic carbocycles. The number of thioether (sulfide) groups is 1. The number of carbonyl (C=O) groups is 2. The number of hydrogen-bond donors (Lipinski definition) is 1. The highest BCUT2D eigenvalue weighted by Gasteiger charge is 2.46. The van der Waals surface area contributed by atoms with Gasteiger partial charge in [0.25, 0.3) is 0 Å². The van der Waals surface area contributed by atoms with Gasteiger partial charge < -0.3 is 19.9 Å². The SMILES string of the molecule is CCOc1ccc(NC(=O)N2CCC3(CC2)SCCN3C(=O)CCC2CCCC2)cc1. The zero-order valence-corrected chi connectivity index (χ0v) is 19.4. The van der Waals surface area contributed by atoms with Crippen molar-refractivity contribution in [3.63, 3.8) is 0 Å². The molecule has 2 saturated heterocycles. The Morgan fingerprint density at radius 3 is 2.52 bits per heavy atom. The highest BCUT2D eigenvalue weighted by molar-refractivity contribution is 8.00. The lowest BCUT2D eigenvalue weighted by Crippen LogP contribution is -2.54. The van der Waals surface area contributed by atoms with Crippen LogP contribution in [-0.2, 0) is 4.79 Å². The van der Waals surface area contributed by atoms with E-state index in [4.69, 9.17) is 4.74 Å². The lowest BCUT2D eigenvalue weighted by Gasteiger charge is -2.44. The first-order chi connectivity index (χ1) is 15.1. The predicted octanol–water partition coefficient (Wildman–Crippen LogP) is 4.96. The van der Waals surface area contributed by atoms with E-state index in [0.29, 0.717) is 32.0 Å². The van der Waals surface area contributed by atoms with E-state index in [2.05, 4.69) is 10.2 Å². The Balaban J connectivity index is 1.28. The van der Waals surface area contributed by atoms with Gasteiger partial charge in [0.05, 0.1) is 11.5 Å². The van der Waals surface area contributed by atoms with Gasteiger partial charge in [-0.2, -0.15) is 0 Å². The fourth-order valence-electron chi connectivity index (χ4n) is 5.20. The number of nitrogens with zero attached hydrogens (tertiary/aromatic N) is 2. The number of carbonyl (C=O) groups excluding carboxylic acids is 2. The van der Waals surface area contributed by atoms with Crippen LogP contribution in [0.25, 0.3) is 0 Å². The number of amides is 3. The van der Waals surface area contributed by atoms with Gasteiger partial charge in [-0.25, -0.2) is 4.79 Å². The van der Waals surface area contributed by atoms with Crippen molar-refractivity contribution in [1.82, 2.24) is 9.80 Å². The van der Waals surface area contributed by atoms with Crippen LogP contribution in [0.2, 0.25) is 0 Å². The van der Waals surface area contributed by atoms with E-state index in [1.807, 2.05) is 47.9 Å². The molecule has 2 heterocycles. The summed E-state index contributed by atoms with van der Waals surface area (Å²) in [5, 5.41) is 2.99. The first kappa shape index (κ1) is 22.3. The number of ether oxygens (including phenoxy) is 1. The summed E-state index contributed by atoms with van der Waals surface area (Å²) < 4.78 is 5.45. The number of likely N-dealkylation sites (tertiary alicyclic amines) is 1. The molecule has 3 fully saturated rings. The number of piperidine rings is 1. The molecule has 1 aromatic carbocycles. The summed E-state index contributed by atoms with van der Waals surface area (Å²) in [4.78, 5) is 29.7. The van der Waals surface area contributed by atoms with E-state index in [1.165, 1.54) is 25.7 Å². The molecule has 1 N–H and O–H groups in total. The highest BCUT2D eigenvalue weighted by Crippen LogP contribution is 2.44. The third-order valence-electron chi connectivity index (χ3n) is 6.97. The van der Waals surface area contributed by atoms with E-state index in [-0.39, 0.29) is 10.9 Å². The number of nitrogens with one attached hydrogen (secondary N) is 1. The Morgan fingerprint density at radius 1 is 1.13 bits per heavy atom. The van der Waals surface area contributed by atoms with Crippen molar-refractivity contribution in [2.75, 3.05) is 37.3 Å². The molecule has 31 heavy (non-hydrogen) atoms. The van der Waals surface area contributed by atoms with Crippen LogP contribution in [0.1, 0.15) is 58.3 Å². The van der Waals surface area contributed by atoms with Crippen molar-refractivity contribution >= 4 is 29.4 Å². The summed E-state index contributed by atoms with van der Waals surface area (Å²) in [5.74, 6) is 2.89. The maximum Gasteiger partial charge on any atom is 0.321 e. The Morgan fingerprint density at radius 2 is 1.84 bits per heavy atom. The lowest BCUT2D eigenvalue weighted by atomic mass is 9.99. The third kappa shape index (κ3) is 5.30. The quantitative estimate of drug-likeness (QED) is 0.673. The van der Waals surface area contributed by atoms with Gasteiger partial charge in [-0.15, -0.1) is 11.8 Å². The van der Waals surface area contributed by atoms with Gasteiger partial charge in [0, 0.05) is 37.5 Å². The maximum absolute atomic E-state index is 13.0. The summed E-state index contributed by atoms with van der Waals surface area (Å²) in [7, 11) is 0. The summed E-state index contributed by atoms with van der Waals surface area (Å²) in [6.45, 7) is 4.79. The van der Waals surface area contributed by atoms with Gasteiger partial charge >= 0.3 is 6.03 Å². The number of rotatable bonds is 6. The van der Waals surface area contributed by atoms with Crippen molar-refractivity contribution in [2.24, 2.45) is 5.92 Å². The molecule has 4 rings (SSSR count). The van der Waals surface area contributed by atoms with Crippen molar-refractivity contribution < 1.29 is 14.3 Å². The van der Waals surface area contributed by atoms with Crippen molar-refractivity contribution in [3.05, 3.63) is 24.3 Å². The van der Waals surface area contributed by atoms with Crippen molar-refractivity contribution in [2.45, 2.75) is 63.2 Å². The molecule has 3 aliphatic rings. The van der Waals surface area contributed by atoms with E-state index in [9.17, 15) is 9.59 Å². The summed E-state index contributed by atoms with van der Waals surface area (Å²) in [5.41, 5.74) is 0.771. The summed E-state index contributed by atoms with van der Waals surface area (Å²) in [6.07, 6.45) is 8.69. The molecule has 0 bridgehead atoms. The first-order valence-electron chi connectivity index (χ1n) is 11.8. The van der Waals surface area contributed by atoms with Gasteiger partial charge in [0.15, 0.2) is 0 Å². The van der Waals surface area contributed by atoms with Crippen LogP contribution >= 0.6 is 11.8 Å². The Hall–Kier alpha value is -1.89. The topological polar surface area (TPSA) is 61.9 Å². The first-order valence-corrected chi connectivity index (χ1v) is 12.8. The van der Waals surface area contributed by atoms with E-state index < -0.39 is 0 Å². The average molecular weight is 446 g/mol. The normalized spacial score (nSPS) is 20.9. The molecule has 0 atom stereocenters. The molecule has 7 heteroatoms. The van der Waals surface area contributed by atoms with Crippen LogP contribution in [0.4, 0.5) is 10.5 Å². The number of benzene rings is 1. The van der Waals surface area contributed by atoms with Crippen LogP contribution in [0.5, 0.6) is 5.75 Å². The lowest BCUT2D eigenvalue weighted by molar-refractivity contribution is -0.134. The average Bonchev–Trinajstić information content (AvgIpc) is 3.44. The largest absolute Gasteiger partial charge is 0.494 e. The molecule has 2 aliphatic heterocycles. The maximum atomic E-state index is 13.0. The van der Waals surface area contributed by atoms with E-state index in [1.54, 1.807) is 0 Å². The molecular formula is C24H35N3O3S. The molecule has 3 amide bonds.